The van der Waals surface area contributed by atoms with Crippen molar-refractivity contribution >= 4 is 33.2 Å². The van der Waals surface area contributed by atoms with E-state index in [9.17, 15) is 18.6 Å². The van der Waals surface area contributed by atoms with Crippen LogP contribution >= 0.6 is 0 Å². The van der Waals surface area contributed by atoms with Crippen molar-refractivity contribution < 1.29 is 27.7 Å². The van der Waals surface area contributed by atoms with Gasteiger partial charge in [-0.3, -0.25) is 24.3 Å². The van der Waals surface area contributed by atoms with Gasteiger partial charge in [-0.05, 0) is 75.5 Å². The summed E-state index contributed by atoms with van der Waals surface area (Å²) in [5, 5.41) is 2.43. The molecule has 1 aliphatic heterocycles. The van der Waals surface area contributed by atoms with Gasteiger partial charge in [0.2, 0.25) is 0 Å². The second-order valence-electron chi connectivity index (χ2n) is 10.9. The summed E-state index contributed by atoms with van der Waals surface area (Å²) in [7, 11) is -1.60. The third kappa shape index (κ3) is 7.23. The highest BCUT2D eigenvalue weighted by Crippen LogP contribution is 2.26. The first-order valence-corrected chi connectivity index (χ1v) is 16.4. The number of ether oxygens (including phenoxy) is 1. The number of benzene rings is 1. The van der Waals surface area contributed by atoms with Crippen LogP contribution in [0.3, 0.4) is 0 Å². The van der Waals surface area contributed by atoms with Gasteiger partial charge in [-0.1, -0.05) is 36.4 Å². The van der Waals surface area contributed by atoms with Crippen molar-refractivity contribution in [3.63, 3.8) is 0 Å². The number of esters is 1. The number of carbonyl (C=O) groups is 3. The van der Waals surface area contributed by atoms with Crippen molar-refractivity contribution in [1.82, 2.24) is 9.88 Å². The molecule has 44 heavy (non-hydrogen) atoms. The number of aromatic nitrogens is 1. The van der Waals surface area contributed by atoms with E-state index < -0.39 is 20.9 Å². The largest absolute Gasteiger partial charge is 0.468 e. The normalized spacial score (nSPS) is 19.3. The molecule has 1 aromatic carbocycles. The molecule has 2 aliphatic rings. The van der Waals surface area contributed by atoms with Gasteiger partial charge in [0, 0.05) is 35.0 Å². The Morgan fingerprint density at radius 2 is 2.02 bits per heavy atom. The van der Waals surface area contributed by atoms with Crippen molar-refractivity contribution in [2.24, 2.45) is 4.36 Å². The molecule has 0 spiro atoms. The quantitative estimate of drug-likeness (QED) is 0.299. The molecule has 3 atom stereocenters. The monoisotopic (exact) mass is 616 g/mol. The molecule has 2 aromatic heterocycles. The summed E-state index contributed by atoms with van der Waals surface area (Å²) in [5.41, 5.74) is 2.88. The second-order valence-corrected chi connectivity index (χ2v) is 13.5. The Morgan fingerprint density at radius 3 is 2.77 bits per heavy atom. The molecule has 5 rings (SSSR count). The van der Waals surface area contributed by atoms with Crippen LogP contribution in [0, 0.1) is 6.92 Å². The first-order chi connectivity index (χ1) is 21.3. The van der Waals surface area contributed by atoms with Crippen LogP contribution in [0.15, 0.2) is 88.1 Å². The van der Waals surface area contributed by atoms with Gasteiger partial charge >= 0.3 is 5.97 Å². The summed E-state index contributed by atoms with van der Waals surface area (Å²) in [4.78, 5) is 44.6. The molecule has 2 amide bonds. The molecular formula is C33H36N4O6S. The summed E-state index contributed by atoms with van der Waals surface area (Å²) in [6.07, 6.45) is 14.7. The first-order valence-electron chi connectivity index (χ1n) is 14.6. The zero-order chi connectivity index (χ0) is 31.1. The minimum atomic E-state index is -2.99. The number of furan rings is 1. The summed E-state index contributed by atoms with van der Waals surface area (Å²) in [6.45, 7) is 3.13. The minimum absolute atomic E-state index is 0.218. The molecule has 1 fully saturated rings. The van der Waals surface area contributed by atoms with Gasteiger partial charge in [0.15, 0.2) is 5.76 Å². The van der Waals surface area contributed by atoms with E-state index in [1.54, 1.807) is 43.5 Å². The molecular weight excluding hydrogens is 580 g/mol. The van der Waals surface area contributed by atoms with Crippen molar-refractivity contribution in [3.8, 4) is 11.1 Å². The number of carbonyl (C=O) groups excluding carboxylic acids is 3. The van der Waals surface area contributed by atoms with Crippen LogP contribution in [0.25, 0.3) is 11.1 Å². The van der Waals surface area contributed by atoms with E-state index in [0.29, 0.717) is 30.6 Å². The average molecular weight is 617 g/mol. The molecule has 0 bridgehead atoms. The lowest BCUT2D eigenvalue weighted by Crippen LogP contribution is -2.38. The highest BCUT2D eigenvalue weighted by atomic mass is 32.2. The Kier molecular flexibility index (Phi) is 9.86. The first kappa shape index (κ1) is 31.1. The highest BCUT2D eigenvalue weighted by Gasteiger charge is 2.32. The van der Waals surface area contributed by atoms with E-state index in [-0.39, 0.29) is 35.0 Å². The van der Waals surface area contributed by atoms with Gasteiger partial charge in [-0.25, -0.2) is 4.21 Å². The molecule has 3 heterocycles. The van der Waals surface area contributed by atoms with Crippen LogP contribution in [-0.2, 0) is 19.3 Å². The topological polar surface area (TPSA) is 131 Å². The number of rotatable bonds is 10. The SMILES string of the molecule is COC(=O)C1CCCN1CCC[S@@](=O)(=NC(=O)c1cncc(-c2cccc(NC(=O)c3occc3C)c2)c1)C1C=CC=CC1. The molecule has 10 nitrogen and oxygen atoms in total. The van der Waals surface area contributed by atoms with E-state index in [0.717, 1.165) is 30.5 Å². The fourth-order valence-electron chi connectivity index (χ4n) is 5.54. The van der Waals surface area contributed by atoms with Crippen LogP contribution in [0.4, 0.5) is 5.69 Å². The predicted octanol–water partition coefficient (Wildman–Crippen LogP) is 5.42. The maximum atomic E-state index is 14.3. The van der Waals surface area contributed by atoms with Gasteiger partial charge in [-0.2, -0.15) is 4.36 Å². The predicted molar refractivity (Wildman–Crippen MR) is 169 cm³/mol. The van der Waals surface area contributed by atoms with Crippen LogP contribution < -0.4 is 5.32 Å². The highest BCUT2D eigenvalue weighted by molar-refractivity contribution is 7.94. The summed E-state index contributed by atoms with van der Waals surface area (Å²) >= 11 is 0. The molecule has 1 aliphatic carbocycles. The Bertz CT molecular complexity index is 1720. The summed E-state index contributed by atoms with van der Waals surface area (Å²) in [5.74, 6) is -0.759. The van der Waals surface area contributed by atoms with E-state index in [4.69, 9.17) is 9.15 Å². The van der Waals surface area contributed by atoms with E-state index in [1.807, 2.05) is 30.4 Å². The fourth-order valence-corrected chi connectivity index (χ4v) is 7.75. The molecule has 230 valence electrons. The Labute approximate surface area is 257 Å². The lowest BCUT2D eigenvalue weighted by molar-refractivity contribution is -0.145. The Hall–Kier alpha value is -4.35. The molecule has 1 N–H and O–H groups in total. The number of hydrogen-bond donors (Lipinski definition) is 1. The number of aryl methyl sites for hydroxylation is 1. The molecule has 1 saturated heterocycles. The van der Waals surface area contributed by atoms with Gasteiger partial charge in [0.05, 0.1) is 33.9 Å². The second kappa shape index (κ2) is 14.0. The van der Waals surface area contributed by atoms with Crippen molar-refractivity contribution in [2.45, 2.75) is 43.9 Å². The minimum Gasteiger partial charge on any atom is -0.468 e. The number of nitrogens with zero attached hydrogens (tertiary/aromatic N) is 3. The molecule has 2 unspecified atom stereocenters. The van der Waals surface area contributed by atoms with Gasteiger partial charge in [0.25, 0.3) is 11.8 Å². The number of methoxy groups -OCH3 is 1. The van der Waals surface area contributed by atoms with Crippen molar-refractivity contribution in [3.05, 3.63) is 96.2 Å². The smallest absolute Gasteiger partial charge is 0.323 e. The van der Waals surface area contributed by atoms with E-state index in [2.05, 4.69) is 19.6 Å². The Morgan fingerprint density at radius 1 is 1.16 bits per heavy atom. The average Bonchev–Trinajstić information content (AvgIpc) is 3.70. The third-order valence-corrected chi connectivity index (χ3v) is 10.5. The zero-order valence-electron chi connectivity index (χ0n) is 24.8. The molecule has 11 heteroatoms. The van der Waals surface area contributed by atoms with Crippen LogP contribution in [0.5, 0.6) is 0 Å². The fraction of sp³-hybridized carbons (Fsp3) is 0.333. The number of nitrogens with one attached hydrogen (secondary N) is 1. The number of likely N-dealkylation sites (tertiary alicyclic amines) is 1. The number of hydrogen-bond acceptors (Lipinski definition) is 8. The van der Waals surface area contributed by atoms with E-state index in [1.165, 1.54) is 19.6 Å². The molecule has 0 radical (unpaired) electrons. The van der Waals surface area contributed by atoms with Gasteiger partial charge in [0.1, 0.15) is 6.04 Å². The molecule has 3 aromatic rings. The van der Waals surface area contributed by atoms with E-state index >= 15 is 0 Å². The maximum Gasteiger partial charge on any atom is 0.323 e. The van der Waals surface area contributed by atoms with Crippen molar-refractivity contribution in [2.75, 3.05) is 31.3 Å². The Balaban J connectivity index is 1.34. The van der Waals surface area contributed by atoms with Crippen molar-refractivity contribution in [1.29, 1.82) is 0 Å². The van der Waals surface area contributed by atoms with Crippen LogP contribution in [-0.4, -0.2) is 69.1 Å². The lowest BCUT2D eigenvalue weighted by Gasteiger charge is -2.24. The number of pyridine rings is 1. The standard InChI is InChI=1S/C33H36N4O6S/c1-23-14-17-43-30(23)32(39)35-27-10-6-9-24(20-27)25-19-26(22-34-21-25)31(38)36-44(41,28-11-4-3-5-12-28)18-8-16-37-15-7-13-29(37)33(40)42-2/h3-6,9-11,14,17,19-22,28-29H,7-8,12-13,15-16,18H2,1-2H3,(H,35,39)/t28?,29?,44-/m0/s1. The number of allylic oxidation sites excluding steroid dienone is 3. The lowest BCUT2D eigenvalue weighted by atomic mass is 10.1. The maximum absolute atomic E-state index is 14.3. The summed E-state index contributed by atoms with van der Waals surface area (Å²) < 4.78 is 28.9. The van der Waals surface area contributed by atoms with Gasteiger partial charge in [-0.15, -0.1) is 0 Å². The van der Waals surface area contributed by atoms with Crippen LogP contribution in [0.1, 0.15) is 52.2 Å². The number of anilines is 1. The third-order valence-electron chi connectivity index (χ3n) is 7.88. The number of amides is 2. The summed E-state index contributed by atoms with van der Waals surface area (Å²) in [6, 6.07) is 10.3. The molecule has 0 saturated carbocycles. The van der Waals surface area contributed by atoms with Crippen LogP contribution in [0.2, 0.25) is 0 Å². The van der Waals surface area contributed by atoms with Gasteiger partial charge < -0.3 is 14.5 Å². The zero-order valence-corrected chi connectivity index (χ0v) is 25.6.